The number of nitrogens with one attached hydrogen (secondary N) is 1. The summed E-state index contributed by atoms with van der Waals surface area (Å²) < 4.78 is 0. The molecule has 0 aliphatic carbocycles. The van der Waals surface area contributed by atoms with E-state index < -0.39 is 46.7 Å². The fraction of sp³-hybridized carbons (Fsp3) is 0.0833. The standard InChI is InChI=1S/C24H17ClN4O6/c25-16-10-12-17(13-11-16)27-21(30)14-20(24(27)33)28(23(32)15-6-2-1-3-7-15)26-22(31)18-8-4-5-9-19(18)29(34)35/h1-13,20H,14H2,(H,26,31). The lowest BCUT2D eigenvalue weighted by molar-refractivity contribution is -0.385. The van der Waals surface area contributed by atoms with Crippen molar-refractivity contribution in [3.63, 3.8) is 0 Å². The number of carbonyl (C=O) groups is 4. The predicted octanol–water partition coefficient (Wildman–Crippen LogP) is 3.37. The topological polar surface area (TPSA) is 130 Å². The molecule has 35 heavy (non-hydrogen) atoms. The number of hydrogen-bond donors (Lipinski definition) is 1. The summed E-state index contributed by atoms with van der Waals surface area (Å²) in [5, 5.41) is 12.5. The molecule has 1 unspecified atom stereocenters. The Bertz CT molecular complexity index is 1330. The predicted molar refractivity (Wildman–Crippen MR) is 126 cm³/mol. The van der Waals surface area contributed by atoms with Crippen molar-refractivity contribution in [1.82, 2.24) is 10.4 Å². The SMILES string of the molecule is O=C(NN(C(=O)c1ccccc1)C1CC(=O)N(c2ccc(Cl)cc2)C1=O)c1ccccc1[N+](=O)[O-]. The second-order valence-electron chi connectivity index (χ2n) is 7.52. The number of halogens is 1. The minimum Gasteiger partial charge on any atom is -0.274 e. The molecule has 1 heterocycles. The number of rotatable bonds is 5. The van der Waals surface area contributed by atoms with Gasteiger partial charge in [-0.05, 0) is 42.5 Å². The van der Waals surface area contributed by atoms with Gasteiger partial charge >= 0.3 is 0 Å². The van der Waals surface area contributed by atoms with E-state index in [0.717, 1.165) is 16.0 Å². The van der Waals surface area contributed by atoms with Crippen LogP contribution in [0, 0.1) is 10.1 Å². The van der Waals surface area contributed by atoms with E-state index in [0.29, 0.717) is 5.02 Å². The summed E-state index contributed by atoms with van der Waals surface area (Å²) in [7, 11) is 0. The molecule has 10 nitrogen and oxygen atoms in total. The third-order valence-corrected chi connectivity index (χ3v) is 5.58. The molecule has 1 aliphatic rings. The van der Waals surface area contributed by atoms with Crippen molar-refractivity contribution in [2.75, 3.05) is 4.90 Å². The van der Waals surface area contributed by atoms with E-state index >= 15 is 0 Å². The minimum atomic E-state index is -1.38. The number of amides is 4. The summed E-state index contributed by atoms with van der Waals surface area (Å²) in [6.07, 6.45) is -0.406. The van der Waals surface area contributed by atoms with Crippen molar-refractivity contribution in [3.8, 4) is 0 Å². The summed E-state index contributed by atoms with van der Waals surface area (Å²) in [4.78, 5) is 64.0. The summed E-state index contributed by atoms with van der Waals surface area (Å²) in [5.74, 6) is -3.08. The molecule has 4 amide bonds. The summed E-state index contributed by atoms with van der Waals surface area (Å²) in [6.45, 7) is 0. The number of hydrogen-bond acceptors (Lipinski definition) is 6. The highest BCUT2D eigenvalue weighted by Gasteiger charge is 2.45. The Morgan fingerprint density at radius 1 is 0.971 bits per heavy atom. The maximum atomic E-state index is 13.3. The molecule has 0 aromatic heterocycles. The Labute approximate surface area is 203 Å². The highest BCUT2D eigenvalue weighted by Crippen LogP contribution is 2.27. The Hall–Kier alpha value is -4.57. The van der Waals surface area contributed by atoms with E-state index in [-0.39, 0.29) is 16.8 Å². The van der Waals surface area contributed by atoms with Crippen molar-refractivity contribution in [2.24, 2.45) is 0 Å². The molecule has 1 atom stereocenters. The zero-order chi connectivity index (χ0) is 25.1. The molecular formula is C24H17ClN4O6. The number of benzene rings is 3. The first kappa shape index (κ1) is 23.6. The molecule has 176 valence electrons. The number of nitro groups is 1. The van der Waals surface area contributed by atoms with Gasteiger partial charge < -0.3 is 0 Å². The van der Waals surface area contributed by atoms with Crippen LogP contribution in [0.1, 0.15) is 27.1 Å². The fourth-order valence-corrected chi connectivity index (χ4v) is 3.79. The van der Waals surface area contributed by atoms with Gasteiger partial charge in [0.05, 0.1) is 17.0 Å². The fourth-order valence-electron chi connectivity index (χ4n) is 3.66. The second-order valence-corrected chi connectivity index (χ2v) is 7.96. The van der Waals surface area contributed by atoms with Gasteiger partial charge in [0.1, 0.15) is 11.6 Å². The van der Waals surface area contributed by atoms with Gasteiger partial charge in [-0.15, -0.1) is 0 Å². The second kappa shape index (κ2) is 9.74. The van der Waals surface area contributed by atoms with Crippen LogP contribution in [0.25, 0.3) is 0 Å². The van der Waals surface area contributed by atoms with Gasteiger partial charge in [0.25, 0.3) is 23.4 Å². The molecule has 1 fully saturated rings. The van der Waals surface area contributed by atoms with Crippen LogP contribution in [-0.4, -0.2) is 39.6 Å². The third kappa shape index (κ3) is 4.73. The molecule has 0 saturated carbocycles. The van der Waals surface area contributed by atoms with Gasteiger partial charge in [0.15, 0.2) is 0 Å². The van der Waals surface area contributed by atoms with Crippen molar-refractivity contribution < 1.29 is 24.1 Å². The summed E-state index contributed by atoms with van der Waals surface area (Å²) in [6, 6.07) is 17.6. The number of imide groups is 1. The van der Waals surface area contributed by atoms with Crippen LogP contribution in [0.5, 0.6) is 0 Å². The Morgan fingerprint density at radius 3 is 2.26 bits per heavy atom. The largest absolute Gasteiger partial charge is 0.282 e. The van der Waals surface area contributed by atoms with Crippen LogP contribution < -0.4 is 10.3 Å². The number of hydrazine groups is 1. The van der Waals surface area contributed by atoms with Gasteiger partial charge in [0, 0.05) is 16.7 Å². The van der Waals surface area contributed by atoms with E-state index in [9.17, 15) is 29.3 Å². The number of para-hydroxylation sites is 1. The highest BCUT2D eigenvalue weighted by molar-refractivity contribution is 6.31. The molecule has 3 aromatic rings. The van der Waals surface area contributed by atoms with Crippen molar-refractivity contribution >= 4 is 46.6 Å². The van der Waals surface area contributed by atoms with Gasteiger partial charge in [-0.3, -0.25) is 34.7 Å². The van der Waals surface area contributed by atoms with E-state index in [4.69, 9.17) is 11.6 Å². The van der Waals surface area contributed by atoms with Gasteiger partial charge in [-0.2, -0.15) is 0 Å². The zero-order valence-electron chi connectivity index (χ0n) is 18.0. The smallest absolute Gasteiger partial charge is 0.274 e. The molecule has 4 rings (SSSR count). The maximum Gasteiger partial charge on any atom is 0.282 e. The average molecular weight is 493 g/mol. The Morgan fingerprint density at radius 2 is 1.60 bits per heavy atom. The Balaban J connectivity index is 1.70. The molecule has 3 aromatic carbocycles. The third-order valence-electron chi connectivity index (χ3n) is 5.33. The van der Waals surface area contributed by atoms with E-state index in [2.05, 4.69) is 5.43 Å². The number of carbonyl (C=O) groups excluding carboxylic acids is 4. The van der Waals surface area contributed by atoms with Crippen LogP contribution in [0.4, 0.5) is 11.4 Å². The first-order chi connectivity index (χ1) is 16.8. The van der Waals surface area contributed by atoms with Gasteiger partial charge in [-0.25, -0.2) is 9.91 Å². The lowest BCUT2D eigenvalue weighted by Gasteiger charge is -2.28. The summed E-state index contributed by atoms with van der Waals surface area (Å²) >= 11 is 5.89. The molecule has 0 spiro atoms. The number of nitrogens with zero attached hydrogens (tertiary/aromatic N) is 3. The van der Waals surface area contributed by atoms with Crippen LogP contribution in [0.2, 0.25) is 5.02 Å². The lowest BCUT2D eigenvalue weighted by Crippen LogP contribution is -2.54. The first-order valence-corrected chi connectivity index (χ1v) is 10.7. The first-order valence-electron chi connectivity index (χ1n) is 10.3. The van der Waals surface area contributed by atoms with Crippen LogP contribution in [-0.2, 0) is 9.59 Å². The summed E-state index contributed by atoms with van der Waals surface area (Å²) in [5.41, 5.74) is 1.93. The molecular weight excluding hydrogens is 476 g/mol. The molecule has 0 bridgehead atoms. The number of anilines is 1. The van der Waals surface area contributed by atoms with Crippen molar-refractivity contribution in [1.29, 1.82) is 0 Å². The Kier molecular flexibility index (Phi) is 6.56. The monoisotopic (exact) mass is 492 g/mol. The normalized spacial score (nSPS) is 15.1. The molecule has 1 N–H and O–H groups in total. The van der Waals surface area contributed by atoms with E-state index in [1.54, 1.807) is 18.2 Å². The minimum absolute atomic E-state index is 0.139. The molecule has 1 saturated heterocycles. The number of nitro benzene ring substituents is 1. The molecule has 1 aliphatic heterocycles. The van der Waals surface area contributed by atoms with Crippen molar-refractivity contribution in [3.05, 3.63) is 105 Å². The van der Waals surface area contributed by atoms with Crippen LogP contribution in [0.15, 0.2) is 78.9 Å². The van der Waals surface area contributed by atoms with Crippen LogP contribution in [0.3, 0.4) is 0 Å². The van der Waals surface area contributed by atoms with E-state index in [1.165, 1.54) is 54.6 Å². The molecule has 0 radical (unpaired) electrons. The highest BCUT2D eigenvalue weighted by atomic mass is 35.5. The van der Waals surface area contributed by atoms with Crippen LogP contribution >= 0.6 is 11.6 Å². The van der Waals surface area contributed by atoms with Gasteiger partial charge in [0.2, 0.25) is 5.91 Å². The quantitative estimate of drug-likeness (QED) is 0.330. The zero-order valence-corrected chi connectivity index (χ0v) is 18.7. The van der Waals surface area contributed by atoms with Gasteiger partial charge in [-0.1, -0.05) is 41.9 Å². The average Bonchev–Trinajstić information content (AvgIpc) is 3.16. The molecule has 11 heteroatoms. The maximum absolute atomic E-state index is 13.3. The lowest BCUT2D eigenvalue weighted by atomic mass is 10.1. The van der Waals surface area contributed by atoms with E-state index in [1.807, 2.05) is 0 Å². The van der Waals surface area contributed by atoms with Crippen molar-refractivity contribution in [2.45, 2.75) is 12.5 Å².